The molecule has 0 saturated heterocycles. The number of ether oxygens (including phenoxy) is 3. The van der Waals surface area contributed by atoms with Crippen molar-refractivity contribution in [3.63, 3.8) is 0 Å². The van der Waals surface area contributed by atoms with Crippen LogP contribution in [0.2, 0.25) is 0 Å². The van der Waals surface area contributed by atoms with Crippen LogP contribution in [0.4, 0.5) is 0 Å². The molecule has 5 nitrogen and oxygen atoms in total. The van der Waals surface area contributed by atoms with Crippen LogP contribution in [-0.4, -0.2) is 50.7 Å². The van der Waals surface area contributed by atoms with Crippen molar-refractivity contribution < 1.29 is 19.3 Å². The second-order valence-electron chi connectivity index (χ2n) is 5.22. The molecule has 2 N–H and O–H groups in total. The molecule has 0 aliphatic rings. The number of nitrogens with one attached hydrogen (secondary N) is 1. The quantitative estimate of drug-likeness (QED) is 0.607. The zero-order valence-electron chi connectivity index (χ0n) is 13.2. The molecular formula is C16H27NO4. The largest absolute Gasteiger partial charge is 0.491 e. The Balaban J connectivity index is 2.24. The summed E-state index contributed by atoms with van der Waals surface area (Å²) in [7, 11) is 1.65. The Bertz CT molecular complexity index is 367. The van der Waals surface area contributed by atoms with Gasteiger partial charge in [0.2, 0.25) is 0 Å². The normalized spacial score (nSPS) is 12.6. The van der Waals surface area contributed by atoms with Crippen LogP contribution in [0.25, 0.3) is 0 Å². The molecule has 0 unspecified atom stereocenters. The molecule has 120 valence electrons. The van der Waals surface area contributed by atoms with Crippen molar-refractivity contribution >= 4 is 0 Å². The molecule has 0 heterocycles. The van der Waals surface area contributed by atoms with E-state index in [0.717, 1.165) is 11.3 Å². The highest BCUT2D eigenvalue weighted by molar-refractivity contribution is 5.26. The zero-order chi connectivity index (χ0) is 15.5. The summed E-state index contributed by atoms with van der Waals surface area (Å²) in [5, 5.41) is 12.9. The van der Waals surface area contributed by atoms with E-state index < -0.39 is 6.10 Å². The van der Waals surface area contributed by atoms with Crippen molar-refractivity contribution in [2.24, 2.45) is 0 Å². The van der Waals surface area contributed by atoms with Crippen LogP contribution in [0.3, 0.4) is 0 Å². The first-order valence-electron chi connectivity index (χ1n) is 7.31. The predicted octanol–water partition coefficient (Wildman–Crippen LogP) is 1.59. The van der Waals surface area contributed by atoms with E-state index in [1.54, 1.807) is 7.11 Å². The van der Waals surface area contributed by atoms with Crippen LogP contribution < -0.4 is 10.1 Å². The Morgan fingerprint density at radius 2 is 1.86 bits per heavy atom. The van der Waals surface area contributed by atoms with E-state index in [-0.39, 0.29) is 6.61 Å². The number of aliphatic hydroxyl groups is 1. The minimum atomic E-state index is -0.510. The van der Waals surface area contributed by atoms with Gasteiger partial charge >= 0.3 is 0 Å². The highest BCUT2D eigenvalue weighted by atomic mass is 16.5. The maximum atomic E-state index is 9.76. The predicted molar refractivity (Wildman–Crippen MR) is 82.6 cm³/mol. The monoisotopic (exact) mass is 297 g/mol. The fourth-order valence-corrected chi connectivity index (χ4v) is 1.64. The van der Waals surface area contributed by atoms with E-state index in [2.05, 4.69) is 5.32 Å². The summed E-state index contributed by atoms with van der Waals surface area (Å²) in [5.41, 5.74) is 1.08. The van der Waals surface area contributed by atoms with Crippen LogP contribution in [0, 0.1) is 0 Å². The van der Waals surface area contributed by atoms with Crippen molar-refractivity contribution in [3.8, 4) is 5.75 Å². The molecule has 1 rings (SSSR count). The number of benzene rings is 1. The average molecular weight is 297 g/mol. The molecule has 0 fully saturated rings. The molecule has 21 heavy (non-hydrogen) atoms. The average Bonchev–Trinajstić information content (AvgIpc) is 2.48. The molecule has 0 aliphatic carbocycles. The lowest BCUT2D eigenvalue weighted by molar-refractivity contribution is 0.0616. The maximum absolute atomic E-state index is 9.76. The number of hydrogen-bond acceptors (Lipinski definition) is 5. The van der Waals surface area contributed by atoms with Crippen molar-refractivity contribution in [2.45, 2.75) is 32.6 Å². The first-order chi connectivity index (χ1) is 10.1. The Morgan fingerprint density at radius 3 is 2.48 bits per heavy atom. The SMILES string of the molecule is COCCOCc1ccc(OC[C@H](O)CNC(C)C)cc1. The Morgan fingerprint density at radius 1 is 1.14 bits per heavy atom. The Kier molecular flexibility index (Phi) is 9.01. The summed E-state index contributed by atoms with van der Waals surface area (Å²) in [4.78, 5) is 0. The van der Waals surface area contributed by atoms with E-state index in [4.69, 9.17) is 14.2 Å². The van der Waals surface area contributed by atoms with Crippen LogP contribution in [-0.2, 0) is 16.1 Å². The van der Waals surface area contributed by atoms with E-state index >= 15 is 0 Å². The summed E-state index contributed by atoms with van der Waals surface area (Å²) in [6.07, 6.45) is -0.510. The van der Waals surface area contributed by atoms with Gasteiger partial charge in [0.25, 0.3) is 0 Å². The molecule has 0 bridgehead atoms. The van der Waals surface area contributed by atoms with Crippen molar-refractivity contribution in [2.75, 3.05) is 33.5 Å². The van der Waals surface area contributed by atoms with Crippen LogP contribution >= 0.6 is 0 Å². The van der Waals surface area contributed by atoms with E-state index in [1.807, 2.05) is 38.1 Å². The molecule has 0 spiro atoms. The molecule has 0 saturated carbocycles. The molecular weight excluding hydrogens is 270 g/mol. The van der Waals surface area contributed by atoms with Gasteiger partial charge in [0, 0.05) is 19.7 Å². The first kappa shape index (κ1) is 17.9. The summed E-state index contributed by atoms with van der Waals surface area (Å²) in [6.45, 7) is 6.65. The third-order valence-corrected chi connectivity index (χ3v) is 2.83. The molecule has 0 amide bonds. The number of methoxy groups -OCH3 is 1. The van der Waals surface area contributed by atoms with Crippen molar-refractivity contribution in [1.29, 1.82) is 0 Å². The third kappa shape index (κ3) is 8.67. The Labute approximate surface area is 127 Å². The second-order valence-corrected chi connectivity index (χ2v) is 5.22. The summed E-state index contributed by atoms with van der Waals surface area (Å²) >= 11 is 0. The molecule has 0 aliphatic heterocycles. The topological polar surface area (TPSA) is 60.0 Å². The van der Waals surface area contributed by atoms with E-state index in [1.165, 1.54) is 0 Å². The Hall–Kier alpha value is -1.14. The molecule has 1 aromatic rings. The number of rotatable bonds is 11. The smallest absolute Gasteiger partial charge is 0.119 e. The van der Waals surface area contributed by atoms with Gasteiger partial charge in [0.15, 0.2) is 0 Å². The molecule has 1 atom stereocenters. The second kappa shape index (κ2) is 10.6. The van der Waals surface area contributed by atoms with Crippen LogP contribution in [0.1, 0.15) is 19.4 Å². The summed E-state index contributed by atoms with van der Waals surface area (Å²) in [5.74, 6) is 0.749. The molecule has 5 heteroatoms. The minimum Gasteiger partial charge on any atom is -0.491 e. The van der Waals surface area contributed by atoms with Crippen molar-refractivity contribution in [3.05, 3.63) is 29.8 Å². The maximum Gasteiger partial charge on any atom is 0.119 e. The lowest BCUT2D eigenvalue weighted by Crippen LogP contribution is -2.35. The summed E-state index contributed by atoms with van der Waals surface area (Å²) < 4.78 is 15.9. The standard InChI is InChI=1S/C16H27NO4/c1-13(2)17-10-15(18)12-21-16-6-4-14(5-7-16)11-20-9-8-19-3/h4-7,13,15,17-18H,8-12H2,1-3H3/t15-/m1/s1. The first-order valence-corrected chi connectivity index (χ1v) is 7.31. The highest BCUT2D eigenvalue weighted by Crippen LogP contribution is 2.13. The van der Waals surface area contributed by atoms with Gasteiger partial charge < -0.3 is 24.6 Å². The van der Waals surface area contributed by atoms with Gasteiger partial charge in [-0.15, -0.1) is 0 Å². The molecule has 1 aromatic carbocycles. The van der Waals surface area contributed by atoms with E-state index in [9.17, 15) is 5.11 Å². The van der Waals surface area contributed by atoms with Gasteiger partial charge in [-0.3, -0.25) is 0 Å². The van der Waals surface area contributed by atoms with Gasteiger partial charge in [-0.25, -0.2) is 0 Å². The van der Waals surface area contributed by atoms with Gasteiger partial charge in [0.05, 0.1) is 19.8 Å². The van der Waals surface area contributed by atoms with Gasteiger partial charge in [-0.2, -0.15) is 0 Å². The lowest BCUT2D eigenvalue weighted by Gasteiger charge is -2.15. The lowest BCUT2D eigenvalue weighted by atomic mass is 10.2. The fourth-order valence-electron chi connectivity index (χ4n) is 1.64. The zero-order valence-corrected chi connectivity index (χ0v) is 13.2. The van der Waals surface area contributed by atoms with Gasteiger partial charge in [-0.1, -0.05) is 26.0 Å². The van der Waals surface area contributed by atoms with Gasteiger partial charge in [0.1, 0.15) is 18.5 Å². The van der Waals surface area contributed by atoms with Crippen LogP contribution in [0.15, 0.2) is 24.3 Å². The minimum absolute atomic E-state index is 0.281. The number of hydrogen-bond donors (Lipinski definition) is 2. The number of aliphatic hydroxyl groups excluding tert-OH is 1. The molecule has 0 radical (unpaired) electrons. The van der Waals surface area contributed by atoms with Crippen molar-refractivity contribution in [1.82, 2.24) is 5.32 Å². The fraction of sp³-hybridized carbons (Fsp3) is 0.625. The van der Waals surface area contributed by atoms with Crippen LogP contribution in [0.5, 0.6) is 5.75 Å². The third-order valence-electron chi connectivity index (χ3n) is 2.83. The summed E-state index contributed by atoms with van der Waals surface area (Å²) in [6, 6.07) is 8.05. The van der Waals surface area contributed by atoms with Gasteiger partial charge in [-0.05, 0) is 17.7 Å². The highest BCUT2D eigenvalue weighted by Gasteiger charge is 2.06. The molecule has 0 aromatic heterocycles. The van der Waals surface area contributed by atoms with E-state index in [0.29, 0.717) is 32.4 Å².